The van der Waals surface area contributed by atoms with Crippen molar-refractivity contribution in [3.63, 3.8) is 0 Å². The van der Waals surface area contributed by atoms with Gasteiger partial charge in [-0.05, 0) is 35.0 Å². The van der Waals surface area contributed by atoms with Crippen LogP contribution in [0.2, 0.25) is 0 Å². The van der Waals surface area contributed by atoms with Gasteiger partial charge in [0.15, 0.2) is 0 Å². The Balaban J connectivity index is 4.02. The second kappa shape index (κ2) is 3.91. The van der Waals surface area contributed by atoms with Crippen molar-refractivity contribution in [3.05, 3.63) is 6.04 Å². The van der Waals surface area contributed by atoms with E-state index in [1.165, 1.54) is 6.04 Å². The van der Waals surface area contributed by atoms with Crippen molar-refractivity contribution in [1.29, 1.82) is 0 Å². The second-order valence-corrected chi connectivity index (χ2v) is 2.50. The largest absolute Gasteiger partial charge is 0.310 e. The molecule has 0 bridgehead atoms. The first-order chi connectivity index (χ1) is 4.60. The van der Waals surface area contributed by atoms with Crippen molar-refractivity contribution < 1.29 is 0 Å². The zero-order valence-electron chi connectivity index (χ0n) is 7.50. The highest BCUT2D eigenvalue weighted by Gasteiger charge is 2.26. The first kappa shape index (κ1) is 9.88. The molecule has 3 heteroatoms. The third-order valence-electron chi connectivity index (χ3n) is 2.12. The minimum atomic E-state index is -0.102. The molecule has 0 aromatic carbocycles. The number of hydrogen-bond acceptors (Lipinski definition) is 3. The van der Waals surface area contributed by atoms with E-state index in [1.807, 2.05) is 28.1 Å². The highest BCUT2D eigenvalue weighted by atomic mass is 15.2. The van der Waals surface area contributed by atoms with Crippen LogP contribution < -0.4 is 16.0 Å². The standard InChI is InChI=1S/C7H18N3/c1-6(8-3)7(2,9-4)10-5/h8-10H,1-5H3. The quantitative estimate of drug-likeness (QED) is 0.483. The molecule has 0 spiro atoms. The molecular formula is C7H18N3. The van der Waals surface area contributed by atoms with E-state index in [9.17, 15) is 0 Å². The van der Waals surface area contributed by atoms with Gasteiger partial charge < -0.3 is 16.0 Å². The molecule has 61 valence electrons. The summed E-state index contributed by atoms with van der Waals surface area (Å²) in [4.78, 5) is 0. The molecule has 0 aliphatic rings. The maximum Gasteiger partial charge on any atom is 0.0857 e. The minimum absolute atomic E-state index is 0.102. The molecule has 1 radical (unpaired) electrons. The van der Waals surface area contributed by atoms with E-state index in [0.717, 1.165) is 0 Å². The highest BCUT2D eigenvalue weighted by Crippen LogP contribution is 2.09. The van der Waals surface area contributed by atoms with Crippen LogP contribution in [0.25, 0.3) is 0 Å². The minimum Gasteiger partial charge on any atom is -0.310 e. The fourth-order valence-electron chi connectivity index (χ4n) is 0.750. The summed E-state index contributed by atoms with van der Waals surface area (Å²) in [7, 11) is 5.77. The van der Waals surface area contributed by atoms with Crippen molar-refractivity contribution >= 4 is 0 Å². The monoisotopic (exact) mass is 144 g/mol. The highest BCUT2D eigenvalue weighted by molar-refractivity contribution is 5.02. The molecule has 0 fully saturated rings. The predicted octanol–water partition coefficient (Wildman–Crippen LogP) is -0.0873. The maximum absolute atomic E-state index is 3.17. The zero-order valence-corrected chi connectivity index (χ0v) is 7.50. The Labute approximate surface area is 63.6 Å². The van der Waals surface area contributed by atoms with Crippen LogP contribution in [-0.2, 0) is 0 Å². The van der Waals surface area contributed by atoms with E-state index in [4.69, 9.17) is 0 Å². The Bertz CT molecular complexity index is 88.9. The normalized spacial score (nSPS) is 12.6. The van der Waals surface area contributed by atoms with E-state index in [-0.39, 0.29) is 5.66 Å². The molecule has 0 unspecified atom stereocenters. The van der Waals surface area contributed by atoms with Gasteiger partial charge in [0.25, 0.3) is 0 Å². The lowest BCUT2D eigenvalue weighted by Gasteiger charge is -2.34. The molecule has 0 amide bonds. The SMILES string of the molecule is CN[C](C)C(C)(NC)NC. The summed E-state index contributed by atoms with van der Waals surface area (Å²) in [5.41, 5.74) is -0.102. The summed E-state index contributed by atoms with van der Waals surface area (Å²) in [6, 6.07) is 1.18. The first-order valence-electron chi connectivity index (χ1n) is 3.50. The Hall–Kier alpha value is -0.120. The molecular weight excluding hydrogens is 126 g/mol. The third kappa shape index (κ3) is 1.94. The Kier molecular flexibility index (Phi) is 3.86. The number of likely N-dealkylation sites (N-methyl/N-ethyl adjacent to an activating group) is 3. The Morgan fingerprint density at radius 1 is 1.10 bits per heavy atom. The molecule has 0 aromatic heterocycles. The van der Waals surface area contributed by atoms with Crippen LogP contribution in [0, 0.1) is 6.04 Å². The van der Waals surface area contributed by atoms with E-state index in [0.29, 0.717) is 0 Å². The summed E-state index contributed by atoms with van der Waals surface area (Å²) in [5.74, 6) is 0. The van der Waals surface area contributed by atoms with E-state index >= 15 is 0 Å². The molecule has 0 heterocycles. The average Bonchev–Trinajstić information content (AvgIpc) is 2.01. The van der Waals surface area contributed by atoms with Crippen LogP contribution in [0.5, 0.6) is 0 Å². The zero-order chi connectivity index (χ0) is 8.20. The molecule has 0 aliphatic heterocycles. The van der Waals surface area contributed by atoms with Crippen LogP contribution in [-0.4, -0.2) is 26.8 Å². The number of nitrogens with one attached hydrogen (secondary N) is 3. The van der Waals surface area contributed by atoms with Gasteiger partial charge in [0, 0.05) is 0 Å². The van der Waals surface area contributed by atoms with Gasteiger partial charge in [-0.25, -0.2) is 0 Å². The second-order valence-electron chi connectivity index (χ2n) is 2.50. The number of hydrogen-bond donors (Lipinski definition) is 3. The summed E-state index contributed by atoms with van der Waals surface area (Å²) < 4.78 is 0. The molecule has 0 aromatic rings. The van der Waals surface area contributed by atoms with Crippen LogP contribution >= 0.6 is 0 Å². The van der Waals surface area contributed by atoms with Crippen LogP contribution in [0.1, 0.15) is 13.8 Å². The van der Waals surface area contributed by atoms with Gasteiger partial charge in [-0.3, -0.25) is 0 Å². The summed E-state index contributed by atoms with van der Waals surface area (Å²) in [6.45, 7) is 4.13. The average molecular weight is 144 g/mol. The van der Waals surface area contributed by atoms with Gasteiger partial charge in [-0.2, -0.15) is 0 Å². The van der Waals surface area contributed by atoms with Gasteiger partial charge >= 0.3 is 0 Å². The van der Waals surface area contributed by atoms with E-state index < -0.39 is 0 Å². The van der Waals surface area contributed by atoms with Crippen LogP contribution in [0.15, 0.2) is 0 Å². The first-order valence-corrected chi connectivity index (χ1v) is 3.50. The topological polar surface area (TPSA) is 36.1 Å². The maximum atomic E-state index is 3.17. The summed E-state index contributed by atoms with van der Waals surface area (Å²) >= 11 is 0. The van der Waals surface area contributed by atoms with Crippen LogP contribution in [0.3, 0.4) is 0 Å². The lowest BCUT2D eigenvalue weighted by atomic mass is 10.1. The van der Waals surface area contributed by atoms with E-state index in [1.54, 1.807) is 0 Å². The lowest BCUT2D eigenvalue weighted by Crippen LogP contribution is -2.58. The Morgan fingerprint density at radius 3 is 1.60 bits per heavy atom. The van der Waals surface area contributed by atoms with Crippen molar-refractivity contribution in [1.82, 2.24) is 16.0 Å². The molecule has 0 saturated heterocycles. The lowest BCUT2D eigenvalue weighted by molar-refractivity contribution is 0.322. The molecule has 0 rings (SSSR count). The van der Waals surface area contributed by atoms with Crippen molar-refractivity contribution in [2.24, 2.45) is 0 Å². The molecule has 0 saturated carbocycles. The van der Waals surface area contributed by atoms with Gasteiger partial charge in [-0.1, -0.05) is 0 Å². The Morgan fingerprint density at radius 2 is 1.50 bits per heavy atom. The predicted molar refractivity (Wildman–Crippen MR) is 44.5 cm³/mol. The fourth-order valence-corrected chi connectivity index (χ4v) is 0.750. The van der Waals surface area contributed by atoms with E-state index in [2.05, 4.69) is 22.9 Å². The van der Waals surface area contributed by atoms with Gasteiger partial charge in [0.2, 0.25) is 0 Å². The summed E-state index contributed by atoms with van der Waals surface area (Å²) in [5, 5.41) is 9.44. The van der Waals surface area contributed by atoms with Gasteiger partial charge in [0.1, 0.15) is 0 Å². The smallest absolute Gasteiger partial charge is 0.0857 e. The van der Waals surface area contributed by atoms with Crippen molar-refractivity contribution in [2.75, 3.05) is 21.1 Å². The third-order valence-corrected chi connectivity index (χ3v) is 2.12. The summed E-state index contributed by atoms with van der Waals surface area (Å²) in [6.07, 6.45) is 0. The van der Waals surface area contributed by atoms with Crippen molar-refractivity contribution in [3.8, 4) is 0 Å². The molecule has 3 N–H and O–H groups in total. The molecule has 10 heavy (non-hydrogen) atoms. The van der Waals surface area contributed by atoms with Crippen molar-refractivity contribution in [2.45, 2.75) is 19.5 Å². The van der Waals surface area contributed by atoms with Crippen LogP contribution in [0.4, 0.5) is 0 Å². The molecule has 0 aliphatic carbocycles. The van der Waals surface area contributed by atoms with Gasteiger partial charge in [0.05, 0.1) is 11.7 Å². The molecule has 3 nitrogen and oxygen atoms in total. The fraction of sp³-hybridized carbons (Fsp3) is 0.857. The van der Waals surface area contributed by atoms with Gasteiger partial charge in [-0.15, -0.1) is 0 Å². The molecule has 0 atom stereocenters. The number of rotatable bonds is 4.